The van der Waals surface area contributed by atoms with E-state index in [2.05, 4.69) is 20.8 Å². The number of thiazole rings is 2. The molecule has 408 valence electrons. The van der Waals surface area contributed by atoms with E-state index in [0.717, 1.165) is 47.9 Å². The standard InChI is InChI=1S/C62H53N7O8S4/c1-40(57(72)76-53(42-18-8-3-9-19-42)43-20-10-4-11-21-43)77-68-51(49-36-78-59(64-49)67-62(44-22-12-5-13-23-44,45-24-14-6-15-25-45)46-26-16-7-17-27-46)54(70)66-52-55(71)69-37-61(38-79-56(52)69,39-80-60-65-48-32-33-63-34-50(48)81-60)58(73)75-35-41-28-30-47(74-2)31-29-41/h3-34,36,40,52-53,56H,35,37-39H2,1-2H3,(H,64,67)(H,66,70)/t40-,52?,56+,61?/m0/s1. The lowest BCUT2D eigenvalue weighted by Crippen LogP contribution is -2.74. The number of β-lactam (4-membered cyclic amide) rings is 1. The summed E-state index contributed by atoms with van der Waals surface area (Å²) in [5.41, 5.74) is 3.64. The smallest absolute Gasteiger partial charge is 0.350 e. The maximum atomic E-state index is 14.9. The monoisotopic (exact) mass is 1150 g/mol. The van der Waals surface area contributed by atoms with Gasteiger partial charge in [-0.1, -0.05) is 181 Å². The molecule has 5 heterocycles. The van der Waals surface area contributed by atoms with Crippen molar-refractivity contribution in [2.75, 3.05) is 30.5 Å². The molecule has 2 amide bonds. The van der Waals surface area contributed by atoms with Gasteiger partial charge in [-0.3, -0.25) is 19.4 Å². The van der Waals surface area contributed by atoms with Crippen molar-refractivity contribution in [2.24, 2.45) is 10.6 Å². The highest BCUT2D eigenvalue weighted by molar-refractivity contribution is 8.01. The fourth-order valence-electron chi connectivity index (χ4n) is 9.71. The third kappa shape index (κ3) is 11.8. The van der Waals surface area contributed by atoms with Crippen LogP contribution < -0.4 is 15.4 Å². The highest BCUT2D eigenvalue weighted by Crippen LogP contribution is 2.46. The Morgan fingerprint density at radius 3 is 2.00 bits per heavy atom. The Morgan fingerprint density at radius 1 is 0.802 bits per heavy atom. The first-order valence-corrected chi connectivity index (χ1v) is 29.7. The molecular formula is C62H53N7O8S4. The SMILES string of the molecule is COc1ccc(COC(=O)C2(CSc3nc4ccncc4s3)CS[C@@H]3C(NC(=O)C(=NO[C@@H](C)C(=O)OC(c4ccccc4)c4ccccc4)c4csc(NC(c5ccccc5)(c5ccccc5)c5ccccc5)n4)C(=O)N3C2)cc1. The van der Waals surface area contributed by atoms with Crippen LogP contribution in [0.3, 0.4) is 0 Å². The predicted octanol–water partition coefficient (Wildman–Crippen LogP) is 10.9. The molecule has 2 saturated heterocycles. The van der Waals surface area contributed by atoms with E-state index in [-0.39, 0.29) is 36.1 Å². The Bertz CT molecular complexity index is 3500. The van der Waals surface area contributed by atoms with Gasteiger partial charge >= 0.3 is 11.9 Å². The average Bonchev–Trinajstić information content (AvgIpc) is 4.19. The zero-order valence-corrected chi connectivity index (χ0v) is 47.1. The zero-order valence-electron chi connectivity index (χ0n) is 43.8. The van der Waals surface area contributed by atoms with E-state index in [9.17, 15) is 19.2 Å². The van der Waals surface area contributed by atoms with Crippen molar-refractivity contribution in [1.82, 2.24) is 25.2 Å². The number of rotatable bonds is 21. The number of fused-ring (bicyclic) bond motifs is 2. The summed E-state index contributed by atoms with van der Waals surface area (Å²) in [6.45, 7) is 1.55. The predicted molar refractivity (Wildman–Crippen MR) is 316 cm³/mol. The summed E-state index contributed by atoms with van der Waals surface area (Å²) in [6, 6.07) is 56.9. The summed E-state index contributed by atoms with van der Waals surface area (Å²) < 4.78 is 19.1. The van der Waals surface area contributed by atoms with Crippen molar-refractivity contribution in [1.29, 1.82) is 0 Å². The van der Waals surface area contributed by atoms with Crippen LogP contribution in [-0.4, -0.2) is 92.0 Å². The summed E-state index contributed by atoms with van der Waals surface area (Å²) in [5.74, 6) is -1.13. The van der Waals surface area contributed by atoms with Gasteiger partial charge in [0.2, 0.25) is 12.0 Å². The minimum atomic E-state index is -1.30. The van der Waals surface area contributed by atoms with Crippen LogP contribution in [0, 0.1) is 5.41 Å². The van der Waals surface area contributed by atoms with Gasteiger partial charge in [-0.2, -0.15) is 0 Å². The minimum absolute atomic E-state index is 0.0174. The van der Waals surface area contributed by atoms with Crippen molar-refractivity contribution in [3.63, 3.8) is 0 Å². The number of aromatic nitrogens is 3. The number of benzene rings is 6. The van der Waals surface area contributed by atoms with Gasteiger partial charge in [0.05, 0.1) is 17.3 Å². The second kappa shape index (κ2) is 24.6. The second-order valence-corrected chi connectivity index (χ2v) is 23.5. The average molecular weight is 1150 g/mol. The number of nitrogens with one attached hydrogen (secondary N) is 2. The lowest BCUT2D eigenvalue weighted by molar-refractivity contribution is -0.162. The molecule has 2 N–H and O–H groups in total. The normalized spacial score (nSPS) is 17.3. The number of ether oxygens (including phenoxy) is 3. The Kier molecular flexibility index (Phi) is 16.6. The van der Waals surface area contributed by atoms with Crippen LogP contribution in [0.2, 0.25) is 0 Å². The highest BCUT2D eigenvalue weighted by atomic mass is 32.2. The molecule has 0 saturated carbocycles. The van der Waals surface area contributed by atoms with E-state index in [1.165, 1.54) is 53.1 Å². The minimum Gasteiger partial charge on any atom is -0.497 e. The number of methoxy groups -OCH3 is 1. The Labute approximate surface area is 484 Å². The largest absolute Gasteiger partial charge is 0.497 e. The third-order valence-corrected chi connectivity index (χ3v) is 18.8. The lowest BCUT2D eigenvalue weighted by atomic mass is 9.77. The van der Waals surface area contributed by atoms with Gasteiger partial charge in [-0.25, -0.2) is 14.8 Å². The van der Waals surface area contributed by atoms with Crippen LogP contribution >= 0.6 is 46.2 Å². The Hall–Kier alpha value is -8.36. The summed E-state index contributed by atoms with van der Waals surface area (Å²) in [7, 11) is 1.58. The Morgan fingerprint density at radius 2 is 1.41 bits per heavy atom. The van der Waals surface area contributed by atoms with Crippen molar-refractivity contribution in [2.45, 2.75) is 47.0 Å². The van der Waals surface area contributed by atoms with Gasteiger partial charge in [0, 0.05) is 35.8 Å². The van der Waals surface area contributed by atoms with E-state index in [1.54, 1.807) is 41.9 Å². The molecule has 4 atom stereocenters. The maximum Gasteiger partial charge on any atom is 0.350 e. The number of thioether (sulfide) groups is 2. The number of amides is 2. The molecule has 0 radical (unpaired) electrons. The number of hydrogen-bond acceptors (Lipinski definition) is 17. The van der Waals surface area contributed by atoms with Gasteiger partial charge in [0.25, 0.3) is 5.91 Å². The Balaban J connectivity index is 0.872. The molecule has 81 heavy (non-hydrogen) atoms. The van der Waals surface area contributed by atoms with Gasteiger partial charge in [0.15, 0.2) is 21.3 Å². The zero-order chi connectivity index (χ0) is 55.8. The van der Waals surface area contributed by atoms with E-state index < -0.39 is 58.3 Å². The third-order valence-electron chi connectivity index (χ3n) is 14.0. The number of oxime groups is 1. The van der Waals surface area contributed by atoms with Crippen molar-refractivity contribution >= 4 is 91.0 Å². The summed E-state index contributed by atoms with van der Waals surface area (Å²) in [5, 5.41) is 12.6. The molecule has 15 nitrogen and oxygen atoms in total. The van der Waals surface area contributed by atoms with Crippen LogP contribution in [0.25, 0.3) is 10.2 Å². The first kappa shape index (κ1) is 54.6. The van der Waals surface area contributed by atoms with Crippen LogP contribution in [0.5, 0.6) is 5.75 Å². The molecule has 3 aromatic heterocycles. The molecule has 0 bridgehead atoms. The van der Waals surface area contributed by atoms with E-state index in [4.69, 9.17) is 29.0 Å². The number of carbonyl (C=O) groups excluding carboxylic acids is 4. The molecule has 19 heteroatoms. The van der Waals surface area contributed by atoms with Crippen molar-refractivity contribution in [3.05, 3.63) is 239 Å². The molecular weight excluding hydrogens is 1100 g/mol. The van der Waals surface area contributed by atoms with Gasteiger partial charge < -0.3 is 34.6 Å². The van der Waals surface area contributed by atoms with E-state index in [0.29, 0.717) is 10.9 Å². The molecule has 11 rings (SSSR count). The number of hydrogen-bond donors (Lipinski definition) is 2. The number of pyridine rings is 1. The van der Waals surface area contributed by atoms with Crippen LogP contribution in [-0.2, 0) is 45.6 Å². The van der Waals surface area contributed by atoms with Crippen molar-refractivity contribution in [3.8, 4) is 5.75 Å². The molecule has 2 aliphatic heterocycles. The van der Waals surface area contributed by atoms with Crippen molar-refractivity contribution < 1.29 is 38.2 Å². The maximum absolute atomic E-state index is 14.9. The van der Waals surface area contributed by atoms with Gasteiger partial charge in [-0.05, 0) is 58.5 Å². The lowest BCUT2D eigenvalue weighted by Gasteiger charge is -2.54. The summed E-state index contributed by atoms with van der Waals surface area (Å²) >= 11 is 5.54. The highest BCUT2D eigenvalue weighted by Gasteiger charge is 2.58. The number of anilines is 1. The number of carbonyl (C=O) groups is 4. The molecule has 2 fully saturated rings. The molecule has 0 aliphatic carbocycles. The number of esters is 2. The topological polar surface area (TPSA) is 184 Å². The number of nitrogens with zero attached hydrogens (tertiary/aromatic N) is 5. The fraction of sp³-hybridized carbons (Fsp3) is 0.194. The molecule has 2 aliphatic rings. The molecule has 0 spiro atoms. The van der Waals surface area contributed by atoms with Gasteiger partial charge in [-0.15, -0.1) is 34.4 Å². The first-order valence-electron chi connectivity index (χ1n) is 25.9. The van der Waals surface area contributed by atoms with E-state index in [1.807, 2.05) is 170 Å². The van der Waals surface area contributed by atoms with Crippen LogP contribution in [0.15, 0.2) is 209 Å². The van der Waals surface area contributed by atoms with E-state index >= 15 is 0 Å². The van der Waals surface area contributed by atoms with Gasteiger partial charge in [0.1, 0.15) is 40.4 Å². The fourth-order valence-corrected chi connectivity index (χ4v) is 14.3. The molecule has 9 aromatic rings. The first-order chi connectivity index (χ1) is 39.6. The summed E-state index contributed by atoms with van der Waals surface area (Å²) in [4.78, 5) is 79.3. The second-order valence-electron chi connectivity index (χ2n) is 19.3. The molecule has 2 unspecified atom stereocenters. The quantitative estimate of drug-likeness (QED) is 0.0173. The van der Waals surface area contributed by atoms with Crippen LogP contribution in [0.4, 0.5) is 5.13 Å². The molecule has 6 aromatic carbocycles. The van der Waals surface area contributed by atoms with Crippen LogP contribution in [0.1, 0.15) is 52.1 Å². The summed E-state index contributed by atoms with van der Waals surface area (Å²) in [6.07, 6.45) is 1.38.